The van der Waals surface area contributed by atoms with E-state index in [-0.39, 0.29) is 6.54 Å². The Hall–Kier alpha value is -0.570. The van der Waals surface area contributed by atoms with Crippen LogP contribution in [0.25, 0.3) is 0 Å². The Labute approximate surface area is 92.5 Å². The van der Waals surface area contributed by atoms with Crippen molar-refractivity contribution in [3.63, 3.8) is 0 Å². The van der Waals surface area contributed by atoms with Crippen molar-refractivity contribution in [1.82, 2.24) is 4.90 Å². The minimum Gasteiger partial charge on any atom is -0.480 e. The summed E-state index contributed by atoms with van der Waals surface area (Å²) in [5.41, 5.74) is 0.431. The standard InChI is InChI=1S/C12H23NO2/c1-9-7-12(2,3)6-5-10(9)13(4)8-11(14)15/h9-10H,5-8H2,1-4H3,(H,14,15). The van der Waals surface area contributed by atoms with E-state index in [9.17, 15) is 4.79 Å². The van der Waals surface area contributed by atoms with E-state index in [0.717, 1.165) is 6.42 Å². The predicted molar refractivity (Wildman–Crippen MR) is 60.8 cm³/mol. The van der Waals surface area contributed by atoms with E-state index < -0.39 is 5.97 Å². The van der Waals surface area contributed by atoms with Gasteiger partial charge in [-0.1, -0.05) is 20.8 Å². The molecule has 1 N–H and O–H groups in total. The van der Waals surface area contributed by atoms with Crippen LogP contribution < -0.4 is 0 Å². The summed E-state index contributed by atoms with van der Waals surface area (Å²) in [6, 6.07) is 0.439. The molecule has 0 bridgehead atoms. The average molecular weight is 213 g/mol. The molecular formula is C12H23NO2. The van der Waals surface area contributed by atoms with Crippen LogP contribution in [0.1, 0.15) is 40.0 Å². The van der Waals surface area contributed by atoms with Gasteiger partial charge in [0.25, 0.3) is 0 Å². The Morgan fingerprint density at radius 2 is 2.13 bits per heavy atom. The summed E-state index contributed by atoms with van der Waals surface area (Å²) in [5, 5.41) is 8.76. The highest BCUT2D eigenvalue weighted by Gasteiger charge is 2.34. The second-order valence-electron chi connectivity index (χ2n) is 5.76. The lowest BCUT2D eigenvalue weighted by molar-refractivity contribution is -0.139. The van der Waals surface area contributed by atoms with Crippen LogP contribution in [0.4, 0.5) is 0 Å². The molecule has 0 heterocycles. The topological polar surface area (TPSA) is 40.5 Å². The molecule has 1 rings (SSSR count). The lowest BCUT2D eigenvalue weighted by atomic mass is 9.70. The van der Waals surface area contributed by atoms with E-state index in [1.54, 1.807) is 0 Å². The summed E-state index contributed by atoms with van der Waals surface area (Å²) in [5.74, 6) is -0.132. The summed E-state index contributed by atoms with van der Waals surface area (Å²) >= 11 is 0. The van der Waals surface area contributed by atoms with Crippen molar-refractivity contribution in [2.75, 3.05) is 13.6 Å². The molecule has 15 heavy (non-hydrogen) atoms. The first kappa shape index (κ1) is 12.5. The number of hydrogen-bond donors (Lipinski definition) is 1. The van der Waals surface area contributed by atoms with E-state index in [0.29, 0.717) is 17.4 Å². The zero-order valence-corrected chi connectivity index (χ0v) is 10.3. The van der Waals surface area contributed by atoms with Gasteiger partial charge in [0.2, 0.25) is 0 Å². The number of nitrogens with zero attached hydrogens (tertiary/aromatic N) is 1. The van der Waals surface area contributed by atoms with Crippen LogP contribution in [0.5, 0.6) is 0 Å². The molecule has 3 nitrogen and oxygen atoms in total. The first-order valence-corrected chi connectivity index (χ1v) is 5.74. The van der Waals surface area contributed by atoms with Crippen LogP contribution >= 0.6 is 0 Å². The van der Waals surface area contributed by atoms with Crippen molar-refractivity contribution >= 4 is 5.97 Å². The van der Waals surface area contributed by atoms with E-state index >= 15 is 0 Å². The Morgan fingerprint density at radius 3 is 2.60 bits per heavy atom. The Balaban J connectivity index is 2.54. The van der Waals surface area contributed by atoms with Crippen LogP contribution in [0, 0.1) is 11.3 Å². The highest BCUT2D eigenvalue weighted by atomic mass is 16.4. The van der Waals surface area contributed by atoms with Crippen molar-refractivity contribution in [1.29, 1.82) is 0 Å². The predicted octanol–water partition coefficient (Wildman–Crippen LogP) is 2.22. The zero-order valence-electron chi connectivity index (χ0n) is 10.3. The number of aliphatic carboxylic acids is 1. The minimum absolute atomic E-state index is 0.162. The molecule has 0 radical (unpaired) electrons. The average Bonchev–Trinajstić information content (AvgIpc) is 1.99. The molecule has 0 aliphatic heterocycles. The molecule has 3 heteroatoms. The number of likely N-dealkylation sites (N-methyl/N-ethyl adjacent to an activating group) is 1. The van der Waals surface area contributed by atoms with Gasteiger partial charge in [0.05, 0.1) is 6.54 Å². The molecule has 0 amide bonds. The molecular weight excluding hydrogens is 190 g/mol. The van der Waals surface area contributed by atoms with Crippen LogP contribution in [0.3, 0.4) is 0 Å². The van der Waals surface area contributed by atoms with Gasteiger partial charge in [-0.2, -0.15) is 0 Å². The number of hydrogen-bond acceptors (Lipinski definition) is 2. The zero-order chi connectivity index (χ0) is 11.6. The summed E-state index contributed by atoms with van der Waals surface area (Å²) in [6.45, 7) is 7.01. The molecule has 1 saturated carbocycles. The van der Waals surface area contributed by atoms with Crippen molar-refractivity contribution in [2.45, 2.75) is 46.1 Å². The lowest BCUT2D eigenvalue weighted by Crippen LogP contribution is -2.44. The second kappa shape index (κ2) is 4.52. The summed E-state index contributed by atoms with van der Waals surface area (Å²) < 4.78 is 0. The van der Waals surface area contributed by atoms with Crippen LogP contribution in [0.2, 0.25) is 0 Å². The van der Waals surface area contributed by atoms with Crippen molar-refractivity contribution < 1.29 is 9.90 Å². The van der Waals surface area contributed by atoms with Crippen molar-refractivity contribution in [2.24, 2.45) is 11.3 Å². The molecule has 88 valence electrons. The Morgan fingerprint density at radius 1 is 1.53 bits per heavy atom. The van der Waals surface area contributed by atoms with E-state index in [1.807, 2.05) is 11.9 Å². The smallest absolute Gasteiger partial charge is 0.317 e. The van der Waals surface area contributed by atoms with Crippen LogP contribution in [0.15, 0.2) is 0 Å². The first-order chi connectivity index (χ1) is 6.82. The highest BCUT2D eigenvalue weighted by molar-refractivity contribution is 5.69. The monoisotopic (exact) mass is 213 g/mol. The number of rotatable bonds is 3. The maximum Gasteiger partial charge on any atom is 0.317 e. The lowest BCUT2D eigenvalue weighted by Gasteiger charge is -2.42. The largest absolute Gasteiger partial charge is 0.480 e. The van der Waals surface area contributed by atoms with Gasteiger partial charge >= 0.3 is 5.97 Å². The first-order valence-electron chi connectivity index (χ1n) is 5.74. The third kappa shape index (κ3) is 3.49. The normalized spacial score (nSPS) is 30.5. The summed E-state index contributed by atoms with van der Waals surface area (Å²) in [6.07, 6.45) is 3.52. The molecule has 0 aromatic heterocycles. The van der Waals surface area contributed by atoms with Crippen molar-refractivity contribution in [3.05, 3.63) is 0 Å². The quantitative estimate of drug-likeness (QED) is 0.781. The van der Waals surface area contributed by atoms with Gasteiger partial charge in [0.1, 0.15) is 0 Å². The third-order valence-corrected chi connectivity index (χ3v) is 3.60. The van der Waals surface area contributed by atoms with Gasteiger partial charge in [-0.25, -0.2) is 0 Å². The van der Waals surface area contributed by atoms with E-state index in [4.69, 9.17) is 5.11 Å². The third-order valence-electron chi connectivity index (χ3n) is 3.60. The van der Waals surface area contributed by atoms with Gasteiger partial charge in [-0.15, -0.1) is 0 Å². The number of carbonyl (C=O) groups is 1. The fourth-order valence-electron chi connectivity index (χ4n) is 2.92. The van der Waals surface area contributed by atoms with Gasteiger partial charge < -0.3 is 5.11 Å². The molecule has 1 aliphatic rings. The number of carboxylic acid groups (broad SMARTS) is 1. The fourth-order valence-corrected chi connectivity index (χ4v) is 2.92. The molecule has 0 aromatic rings. The molecule has 2 atom stereocenters. The van der Waals surface area contributed by atoms with Crippen molar-refractivity contribution in [3.8, 4) is 0 Å². The van der Waals surface area contributed by atoms with Gasteiger partial charge in [0, 0.05) is 6.04 Å². The molecule has 1 aliphatic carbocycles. The molecule has 2 unspecified atom stereocenters. The molecule has 0 saturated heterocycles. The second-order valence-corrected chi connectivity index (χ2v) is 5.76. The molecule has 1 fully saturated rings. The fraction of sp³-hybridized carbons (Fsp3) is 0.917. The van der Waals surface area contributed by atoms with Crippen LogP contribution in [-0.4, -0.2) is 35.6 Å². The highest BCUT2D eigenvalue weighted by Crippen LogP contribution is 2.39. The summed E-state index contributed by atoms with van der Waals surface area (Å²) in [4.78, 5) is 12.6. The number of carboxylic acids is 1. The maximum atomic E-state index is 10.6. The minimum atomic E-state index is -0.727. The van der Waals surface area contributed by atoms with Crippen LogP contribution in [-0.2, 0) is 4.79 Å². The van der Waals surface area contributed by atoms with Gasteiger partial charge in [-0.05, 0) is 37.6 Å². The molecule has 0 spiro atoms. The Bertz CT molecular complexity index is 238. The van der Waals surface area contributed by atoms with E-state index in [2.05, 4.69) is 20.8 Å². The van der Waals surface area contributed by atoms with Gasteiger partial charge in [-0.3, -0.25) is 9.69 Å². The van der Waals surface area contributed by atoms with E-state index in [1.165, 1.54) is 12.8 Å². The SMILES string of the molecule is CC1CC(C)(C)CCC1N(C)CC(=O)O. The van der Waals surface area contributed by atoms with Gasteiger partial charge in [0.15, 0.2) is 0 Å². The molecule has 0 aromatic carbocycles. The Kier molecular flexibility index (Phi) is 3.77. The summed E-state index contributed by atoms with van der Waals surface area (Å²) in [7, 11) is 1.92. The maximum absolute atomic E-state index is 10.6.